The fourth-order valence-corrected chi connectivity index (χ4v) is 1.46. The maximum Gasteiger partial charge on any atom is 0.384 e. The van der Waals surface area contributed by atoms with Gasteiger partial charge in [-0.2, -0.15) is 61.5 Å². The number of halogens is 17. The van der Waals surface area contributed by atoms with Gasteiger partial charge in [0, 0.05) is 0 Å². The molecule has 0 fully saturated rings. The van der Waals surface area contributed by atoms with E-state index >= 15 is 0 Å². The molecule has 0 unspecified atom stereocenters. The lowest BCUT2D eigenvalue weighted by molar-refractivity contribution is -0.442. The average Bonchev–Trinajstić information content (AvgIpc) is 2.44. The summed E-state index contributed by atoms with van der Waals surface area (Å²) in [5, 5.41) is 0. The molecule has 0 atom stereocenters. The van der Waals surface area contributed by atoms with Gasteiger partial charge in [-0.3, -0.25) is 0 Å². The van der Waals surface area contributed by atoms with Crippen LogP contribution in [-0.2, 0) is 0 Å². The maximum atomic E-state index is 13.1. The van der Waals surface area contributed by atoms with Gasteiger partial charge in [0.05, 0.1) is 6.42 Å². The van der Waals surface area contributed by atoms with Crippen LogP contribution in [-0.4, -0.2) is 54.6 Å². The largest absolute Gasteiger partial charge is 0.384 e. The first-order valence-electron chi connectivity index (χ1n) is 5.96. The second kappa shape index (κ2) is 6.70. The molecular formula is C10H5F17. The van der Waals surface area contributed by atoms with Crippen molar-refractivity contribution in [2.45, 2.75) is 54.3 Å². The zero-order valence-corrected chi connectivity index (χ0v) is 11.9. The zero-order valence-electron chi connectivity index (χ0n) is 11.9. The van der Waals surface area contributed by atoms with E-state index in [0.29, 0.717) is 0 Å². The van der Waals surface area contributed by atoms with Gasteiger partial charge in [0.15, 0.2) is 6.67 Å². The van der Waals surface area contributed by atoms with Crippen LogP contribution in [0.3, 0.4) is 0 Å². The number of rotatable bonds is 9. The van der Waals surface area contributed by atoms with Crippen molar-refractivity contribution in [1.29, 1.82) is 0 Å². The Hall–Kier alpha value is -1.19. The van der Waals surface area contributed by atoms with Crippen LogP contribution in [0.5, 0.6) is 0 Å². The molecule has 0 aromatic heterocycles. The van der Waals surface area contributed by atoms with E-state index in [-0.39, 0.29) is 0 Å². The molecule has 0 aromatic carbocycles. The van der Waals surface area contributed by atoms with Gasteiger partial charge >= 0.3 is 41.5 Å². The Morgan fingerprint density at radius 1 is 0.444 bits per heavy atom. The lowest BCUT2D eigenvalue weighted by atomic mass is 9.88. The summed E-state index contributed by atoms with van der Waals surface area (Å²) in [4.78, 5) is 0. The first-order chi connectivity index (χ1) is 11.5. The van der Waals surface area contributed by atoms with Crippen LogP contribution in [0.15, 0.2) is 0 Å². The summed E-state index contributed by atoms with van der Waals surface area (Å²) in [5.41, 5.74) is 0. The maximum absolute atomic E-state index is 13.1. The van der Waals surface area contributed by atoms with Crippen LogP contribution >= 0.6 is 0 Å². The molecule has 0 aliphatic carbocycles. The smallest absolute Gasteiger partial charge is 0.244 e. The van der Waals surface area contributed by atoms with Gasteiger partial charge in [0.1, 0.15) is 0 Å². The summed E-state index contributed by atoms with van der Waals surface area (Å²) in [6.07, 6.45) is -8.19. The van der Waals surface area contributed by atoms with E-state index in [1.165, 1.54) is 0 Å². The zero-order chi connectivity index (χ0) is 22.5. The first-order valence-corrected chi connectivity index (χ1v) is 5.96. The van der Waals surface area contributed by atoms with Gasteiger partial charge in [-0.1, -0.05) is 0 Å². The van der Waals surface area contributed by atoms with Gasteiger partial charge in [-0.25, -0.2) is 13.2 Å². The minimum absolute atomic E-state index is 3.60. The van der Waals surface area contributed by atoms with E-state index in [1.807, 2.05) is 0 Å². The molecule has 0 bridgehead atoms. The lowest BCUT2D eigenvalue weighted by Gasteiger charge is -2.42. The van der Waals surface area contributed by atoms with Crippen molar-refractivity contribution in [3.8, 4) is 0 Å². The molecule has 0 spiro atoms. The van der Waals surface area contributed by atoms with Gasteiger partial charge in [0.2, 0.25) is 6.43 Å². The quantitative estimate of drug-likeness (QED) is 0.377. The Morgan fingerprint density at radius 2 is 0.704 bits per heavy atom. The van der Waals surface area contributed by atoms with Gasteiger partial charge < -0.3 is 0 Å². The van der Waals surface area contributed by atoms with Crippen LogP contribution in [0.4, 0.5) is 74.6 Å². The summed E-state index contributed by atoms with van der Waals surface area (Å²) in [6, 6.07) is 0. The number of alkyl halides is 17. The van der Waals surface area contributed by atoms with Crippen molar-refractivity contribution in [3.05, 3.63) is 0 Å². The Bertz CT molecular complexity index is 518. The van der Waals surface area contributed by atoms with Crippen molar-refractivity contribution < 1.29 is 74.6 Å². The van der Waals surface area contributed by atoms with Gasteiger partial charge in [-0.15, -0.1) is 0 Å². The van der Waals surface area contributed by atoms with Crippen molar-refractivity contribution in [3.63, 3.8) is 0 Å². The third-order valence-electron chi connectivity index (χ3n) is 3.07. The Balaban J connectivity index is 6.47. The van der Waals surface area contributed by atoms with E-state index in [0.717, 1.165) is 0 Å². The van der Waals surface area contributed by atoms with Crippen molar-refractivity contribution >= 4 is 0 Å². The average molecular weight is 448 g/mol. The molecule has 164 valence electrons. The highest BCUT2D eigenvalue weighted by molar-refractivity contribution is 5.14. The number of hydrogen-bond donors (Lipinski definition) is 0. The molecule has 0 heterocycles. The first kappa shape index (κ1) is 25.8. The van der Waals surface area contributed by atoms with E-state index in [4.69, 9.17) is 0 Å². The van der Waals surface area contributed by atoms with E-state index in [2.05, 4.69) is 0 Å². The topological polar surface area (TPSA) is 0 Å². The summed E-state index contributed by atoms with van der Waals surface area (Å²) >= 11 is 0. The fourth-order valence-electron chi connectivity index (χ4n) is 1.46. The van der Waals surface area contributed by atoms with Crippen LogP contribution in [0.1, 0.15) is 6.42 Å². The summed E-state index contributed by atoms with van der Waals surface area (Å²) in [7, 11) is 0. The van der Waals surface area contributed by atoms with E-state index in [1.54, 1.807) is 0 Å². The third-order valence-corrected chi connectivity index (χ3v) is 3.07. The predicted octanol–water partition coefficient (Wildman–Crippen LogP) is 6.06. The predicted molar refractivity (Wildman–Crippen MR) is 51.2 cm³/mol. The molecule has 0 aromatic rings. The molecule has 27 heavy (non-hydrogen) atoms. The third kappa shape index (κ3) is 3.49. The number of hydrogen-bond acceptors (Lipinski definition) is 0. The second-order valence-electron chi connectivity index (χ2n) is 5.01. The summed E-state index contributed by atoms with van der Waals surface area (Å²) in [6.45, 7) is -3.87. The molecule has 0 saturated heterocycles. The van der Waals surface area contributed by atoms with Gasteiger partial charge in [-0.05, 0) is 0 Å². The van der Waals surface area contributed by atoms with Crippen molar-refractivity contribution in [2.75, 3.05) is 6.67 Å². The molecule has 17 heteroatoms. The molecule has 0 rings (SSSR count). The fraction of sp³-hybridized carbons (Fsp3) is 1.00. The second-order valence-corrected chi connectivity index (χ2v) is 5.01. The van der Waals surface area contributed by atoms with Crippen LogP contribution < -0.4 is 0 Å². The normalized spacial score (nSPS) is 16.2. The lowest BCUT2D eigenvalue weighted by Crippen LogP contribution is -2.73. The Morgan fingerprint density at radius 3 is 0.963 bits per heavy atom. The van der Waals surface area contributed by atoms with Crippen molar-refractivity contribution in [2.24, 2.45) is 0 Å². The molecular weight excluding hydrogens is 443 g/mol. The minimum atomic E-state index is -8.38. The van der Waals surface area contributed by atoms with Crippen molar-refractivity contribution in [1.82, 2.24) is 0 Å². The molecule has 0 aliphatic heterocycles. The molecule has 0 saturated carbocycles. The standard InChI is InChI=1S/C10H5F17/c11-2-5(16,17)7(20,21)9(24,25)10(26,27)8(22,23)6(18,19)4(14,15)1-3(12)13/h3H,1-2H2. The van der Waals surface area contributed by atoms with Crippen LogP contribution in [0.25, 0.3) is 0 Å². The molecule has 0 aliphatic rings. The minimum Gasteiger partial charge on any atom is -0.244 e. The highest BCUT2D eigenvalue weighted by Gasteiger charge is 2.92. The van der Waals surface area contributed by atoms with Crippen LogP contribution in [0, 0.1) is 0 Å². The molecule has 0 radical (unpaired) electrons. The summed E-state index contributed by atoms with van der Waals surface area (Å²) < 4.78 is 215. The highest BCUT2D eigenvalue weighted by atomic mass is 19.4. The Kier molecular flexibility index (Phi) is 6.41. The molecule has 0 nitrogen and oxygen atoms in total. The Labute approximate surface area is 137 Å². The molecule has 0 N–H and O–H groups in total. The van der Waals surface area contributed by atoms with E-state index in [9.17, 15) is 74.6 Å². The van der Waals surface area contributed by atoms with E-state index < -0.39 is 61.0 Å². The summed E-state index contributed by atoms with van der Waals surface area (Å²) in [5.74, 6) is -54.2. The van der Waals surface area contributed by atoms with Gasteiger partial charge in [0.25, 0.3) is 0 Å². The SMILES string of the molecule is FCC(F)(F)C(F)(F)C(F)(F)C(F)(F)C(F)(F)C(F)(F)C(F)(F)CC(F)F. The monoisotopic (exact) mass is 448 g/mol. The highest BCUT2D eigenvalue weighted by Crippen LogP contribution is 2.62. The molecule has 0 amide bonds. The van der Waals surface area contributed by atoms with Crippen LogP contribution in [0.2, 0.25) is 0 Å².